The molecule has 1 heterocycles. The molecule has 16 heavy (non-hydrogen) atoms. The summed E-state index contributed by atoms with van der Waals surface area (Å²) in [6.07, 6.45) is 3.04. The van der Waals surface area contributed by atoms with Crippen LogP contribution in [0.15, 0.2) is 0 Å². The zero-order valence-corrected chi connectivity index (χ0v) is 10.6. The molecule has 1 aliphatic heterocycles. The summed E-state index contributed by atoms with van der Waals surface area (Å²) in [5.41, 5.74) is 0. The van der Waals surface area contributed by atoms with Gasteiger partial charge in [0.2, 0.25) is 0 Å². The maximum absolute atomic E-state index is 11.8. The number of piperazine rings is 1. The molecule has 0 aromatic rings. The average Bonchev–Trinajstić information content (AvgIpc) is 2.27. The molecule has 1 saturated carbocycles. The van der Waals surface area contributed by atoms with Crippen LogP contribution in [-0.4, -0.2) is 55.4 Å². The van der Waals surface area contributed by atoms with Gasteiger partial charge in [0.25, 0.3) is 0 Å². The molecule has 0 amide bonds. The maximum Gasteiger partial charge on any atom is 0.137 e. The maximum atomic E-state index is 11.8. The summed E-state index contributed by atoms with van der Waals surface area (Å²) in [4.78, 5) is 16.7. The Morgan fingerprint density at radius 1 is 1.25 bits per heavy atom. The number of hydrogen-bond acceptors (Lipinski definition) is 3. The zero-order chi connectivity index (χ0) is 11.5. The molecule has 2 atom stereocenters. The summed E-state index contributed by atoms with van der Waals surface area (Å²) in [6.45, 7) is 7.86. The van der Waals surface area contributed by atoms with Gasteiger partial charge in [0.15, 0.2) is 0 Å². The van der Waals surface area contributed by atoms with Crippen molar-refractivity contribution in [3.63, 3.8) is 0 Å². The minimum atomic E-state index is 0.326. The van der Waals surface area contributed by atoms with Crippen molar-refractivity contribution in [3.8, 4) is 0 Å². The number of ketones is 1. The van der Waals surface area contributed by atoms with Gasteiger partial charge in [0, 0.05) is 45.1 Å². The lowest BCUT2D eigenvalue weighted by Crippen LogP contribution is -2.47. The van der Waals surface area contributed by atoms with E-state index in [4.69, 9.17) is 0 Å². The van der Waals surface area contributed by atoms with Crippen LogP contribution in [0.2, 0.25) is 0 Å². The third-order valence-electron chi connectivity index (χ3n) is 4.10. The van der Waals surface area contributed by atoms with E-state index in [2.05, 4.69) is 23.8 Å². The average molecular weight is 224 g/mol. The lowest BCUT2D eigenvalue weighted by molar-refractivity contribution is -0.126. The van der Waals surface area contributed by atoms with Crippen molar-refractivity contribution in [1.82, 2.24) is 9.80 Å². The van der Waals surface area contributed by atoms with Crippen LogP contribution in [0.4, 0.5) is 0 Å². The number of carbonyl (C=O) groups excluding carboxylic acids is 1. The Labute approximate surface area is 98.8 Å². The normalized spacial score (nSPS) is 34.2. The Balaban J connectivity index is 1.81. The molecule has 3 heteroatoms. The van der Waals surface area contributed by atoms with Crippen LogP contribution < -0.4 is 0 Å². The van der Waals surface area contributed by atoms with Gasteiger partial charge in [-0.25, -0.2) is 0 Å². The summed E-state index contributed by atoms with van der Waals surface area (Å²) >= 11 is 0. The summed E-state index contributed by atoms with van der Waals surface area (Å²) in [7, 11) is 2.17. The molecule has 0 aromatic carbocycles. The Hall–Kier alpha value is -0.410. The van der Waals surface area contributed by atoms with E-state index in [0.717, 1.165) is 57.9 Å². The van der Waals surface area contributed by atoms with Gasteiger partial charge in [-0.2, -0.15) is 0 Å². The van der Waals surface area contributed by atoms with Gasteiger partial charge in [-0.05, 0) is 25.8 Å². The van der Waals surface area contributed by atoms with E-state index in [-0.39, 0.29) is 0 Å². The highest BCUT2D eigenvalue weighted by atomic mass is 16.1. The van der Waals surface area contributed by atoms with Crippen molar-refractivity contribution in [1.29, 1.82) is 0 Å². The van der Waals surface area contributed by atoms with Crippen molar-refractivity contribution in [2.75, 3.05) is 39.8 Å². The molecule has 92 valence electrons. The SMILES string of the molecule is CC1CCC(=O)C(CN2CCN(C)CC2)C1. The molecule has 1 aliphatic carbocycles. The van der Waals surface area contributed by atoms with Gasteiger partial charge >= 0.3 is 0 Å². The number of nitrogens with zero attached hydrogens (tertiary/aromatic N) is 2. The first-order valence-electron chi connectivity index (χ1n) is 6.59. The monoisotopic (exact) mass is 224 g/mol. The predicted molar refractivity (Wildman–Crippen MR) is 65.4 cm³/mol. The summed E-state index contributed by atoms with van der Waals surface area (Å²) in [6, 6.07) is 0. The second-order valence-corrected chi connectivity index (χ2v) is 5.65. The molecular formula is C13H24N2O. The molecule has 0 aromatic heterocycles. The Morgan fingerprint density at radius 3 is 2.62 bits per heavy atom. The van der Waals surface area contributed by atoms with Crippen molar-refractivity contribution in [3.05, 3.63) is 0 Å². The Bertz CT molecular complexity index is 246. The molecule has 0 bridgehead atoms. The third kappa shape index (κ3) is 3.05. The van der Waals surface area contributed by atoms with E-state index in [1.165, 1.54) is 0 Å². The van der Waals surface area contributed by atoms with Crippen LogP contribution in [-0.2, 0) is 4.79 Å². The van der Waals surface area contributed by atoms with Crippen LogP contribution in [0.3, 0.4) is 0 Å². The van der Waals surface area contributed by atoms with E-state index >= 15 is 0 Å². The van der Waals surface area contributed by atoms with E-state index in [1.54, 1.807) is 0 Å². The molecule has 2 rings (SSSR count). The lowest BCUT2D eigenvalue weighted by atomic mass is 9.81. The lowest BCUT2D eigenvalue weighted by Gasteiger charge is -2.36. The first-order valence-corrected chi connectivity index (χ1v) is 6.59. The first kappa shape index (κ1) is 12.1. The summed E-state index contributed by atoms with van der Waals surface area (Å²) in [5, 5.41) is 0. The summed E-state index contributed by atoms with van der Waals surface area (Å²) in [5.74, 6) is 1.58. The van der Waals surface area contributed by atoms with Crippen LogP contribution in [0, 0.1) is 11.8 Å². The number of carbonyl (C=O) groups is 1. The molecule has 0 radical (unpaired) electrons. The number of hydrogen-bond donors (Lipinski definition) is 0. The molecular weight excluding hydrogens is 200 g/mol. The largest absolute Gasteiger partial charge is 0.304 e. The van der Waals surface area contributed by atoms with Crippen LogP contribution >= 0.6 is 0 Å². The second-order valence-electron chi connectivity index (χ2n) is 5.65. The highest BCUT2D eigenvalue weighted by Crippen LogP contribution is 2.26. The highest BCUT2D eigenvalue weighted by Gasteiger charge is 2.28. The Morgan fingerprint density at radius 2 is 1.94 bits per heavy atom. The van der Waals surface area contributed by atoms with Crippen LogP contribution in [0.25, 0.3) is 0 Å². The smallest absolute Gasteiger partial charge is 0.137 e. The van der Waals surface area contributed by atoms with Crippen molar-refractivity contribution >= 4 is 5.78 Å². The van der Waals surface area contributed by atoms with Gasteiger partial charge in [0.1, 0.15) is 5.78 Å². The van der Waals surface area contributed by atoms with Gasteiger partial charge in [0.05, 0.1) is 0 Å². The molecule has 1 saturated heterocycles. The van der Waals surface area contributed by atoms with Crippen molar-refractivity contribution < 1.29 is 4.79 Å². The highest BCUT2D eigenvalue weighted by molar-refractivity contribution is 5.81. The van der Waals surface area contributed by atoms with E-state index in [1.807, 2.05) is 0 Å². The quantitative estimate of drug-likeness (QED) is 0.705. The second kappa shape index (κ2) is 5.28. The van der Waals surface area contributed by atoms with Gasteiger partial charge in [-0.1, -0.05) is 6.92 Å². The molecule has 2 unspecified atom stereocenters. The molecule has 0 spiro atoms. The first-order chi connectivity index (χ1) is 7.65. The molecule has 0 N–H and O–H groups in total. The number of rotatable bonds is 2. The topological polar surface area (TPSA) is 23.6 Å². The van der Waals surface area contributed by atoms with Gasteiger partial charge < -0.3 is 9.80 Å². The molecule has 2 aliphatic rings. The fraction of sp³-hybridized carbons (Fsp3) is 0.923. The summed E-state index contributed by atoms with van der Waals surface area (Å²) < 4.78 is 0. The van der Waals surface area contributed by atoms with Gasteiger partial charge in [-0.15, -0.1) is 0 Å². The van der Waals surface area contributed by atoms with Crippen LogP contribution in [0.5, 0.6) is 0 Å². The standard InChI is InChI=1S/C13H24N2O/c1-11-3-4-13(16)12(9-11)10-15-7-5-14(2)6-8-15/h11-12H,3-10H2,1-2H3. The van der Waals surface area contributed by atoms with Crippen LogP contribution in [0.1, 0.15) is 26.2 Å². The van der Waals surface area contributed by atoms with Crippen molar-refractivity contribution in [2.24, 2.45) is 11.8 Å². The zero-order valence-electron chi connectivity index (χ0n) is 10.6. The minimum absolute atomic E-state index is 0.326. The van der Waals surface area contributed by atoms with E-state index in [9.17, 15) is 4.79 Å². The minimum Gasteiger partial charge on any atom is -0.304 e. The van der Waals surface area contributed by atoms with E-state index in [0.29, 0.717) is 11.7 Å². The fourth-order valence-electron chi connectivity index (χ4n) is 2.85. The number of Topliss-reactive ketones (excluding diaryl/α,β-unsaturated/α-hetero) is 1. The number of likely N-dealkylation sites (N-methyl/N-ethyl adjacent to an activating group) is 1. The van der Waals surface area contributed by atoms with Gasteiger partial charge in [-0.3, -0.25) is 4.79 Å². The van der Waals surface area contributed by atoms with E-state index < -0.39 is 0 Å². The fourth-order valence-corrected chi connectivity index (χ4v) is 2.85. The van der Waals surface area contributed by atoms with Crippen molar-refractivity contribution in [2.45, 2.75) is 26.2 Å². The molecule has 2 fully saturated rings. The third-order valence-corrected chi connectivity index (χ3v) is 4.10. The molecule has 3 nitrogen and oxygen atoms in total. The predicted octanol–water partition coefficient (Wildman–Crippen LogP) is 1.24. The Kier molecular flexibility index (Phi) is 3.98.